The van der Waals surface area contributed by atoms with Crippen LogP contribution in [0.25, 0.3) is 10.2 Å². The third-order valence-electron chi connectivity index (χ3n) is 6.52. The number of phenols is 1. The quantitative estimate of drug-likeness (QED) is 0.0631. The van der Waals surface area contributed by atoms with E-state index in [1.807, 2.05) is 18.2 Å². The Morgan fingerprint density at radius 2 is 1.40 bits per heavy atom. The highest BCUT2D eigenvalue weighted by Gasteiger charge is 2.38. The van der Waals surface area contributed by atoms with Crippen molar-refractivity contribution < 1.29 is 56.4 Å². The van der Waals surface area contributed by atoms with Gasteiger partial charge in [0.05, 0.1) is 10.8 Å². The number of carboxylic acid groups (broad SMARTS) is 2. The Morgan fingerprint density at radius 3 is 1.98 bits per heavy atom. The van der Waals surface area contributed by atoms with Gasteiger partial charge in [-0.25, -0.2) is 9.59 Å². The third-order valence-corrected chi connectivity index (χ3v) is 8.16. The average molecular weight is 775 g/mol. The molecule has 7 N–H and O–H groups in total. The second kappa shape index (κ2) is 19.5. The molecule has 19 heteroatoms. The van der Waals surface area contributed by atoms with Crippen LogP contribution in [0.3, 0.4) is 0 Å². The number of hydrogen-bond donors (Lipinski definition) is 7. The van der Waals surface area contributed by atoms with Gasteiger partial charge < -0.3 is 36.0 Å². The molecule has 4 rings (SSSR count). The number of aliphatic carboxylic acids is 2. The minimum Gasteiger partial charge on any atom is -0.506 e. The maximum absolute atomic E-state index is 11.7. The molecule has 3 aromatic carbocycles. The number of aromatic amines is 1. The molecule has 0 saturated heterocycles. The Balaban J connectivity index is 0.000000521. The number of aromatic hydroxyl groups is 1. The van der Waals surface area contributed by atoms with Gasteiger partial charge in [-0.15, -0.1) is 0 Å². The molecular formula is C31H31Cl2F6N3O7S. The van der Waals surface area contributed by atoms with E-state index in [-0.39, 0.29) is 10.6 Å². The van der Waals surface area contributed by atoms with Crippen molar-refractivity contribution in [2.75, 3.05) is 19.6 Å². The molecule has 1 atom stereocenters. The molecule has 0 aliphatic heterocycles. The van der Waals surface area contributed by atoms with E-state index in [2.05, 4.69) is 39.9 Å². The van der Waals surface area contributed by atoms with Crippen molar-refractivity contribution in [1.29, 1.82) is 0 Å². The molecule has 1 heterocycles. The first-order valence-corrected chi connectivity index (χ1v) is 15.9. The Morgan fingerprint density at radius 1 is 0.840 bits per heavy atom. The van der Waals surface area contributed by atoms with Gasteiger partial charge in [-0.2, -0.15) is 26.3 Å². The number of carboxylic acids is 2. The first-order chi connectivity index (χ1) is 23.3. The van der Waals surface area contributed by atoms with Crippen LogP contribution in [0.1, 0.15) is 34.8 Å². The lowest BCUT2D eigenvalue weighted by molar-refractivity contribution is -0.193. The number of alkyl halides is 6. The Labute approximate surface area is 294 Å². The predicted molar refractivity (Wildman–Crippen MR) is 176 cm³/mol. The topological polar surface area (TPSA) is 172 Å². The summed E-state index contributed by atoms with van der Waals surface area (Å²) < 4.78 is 64.1. The van der Waals surface area contributed by atoms with Gasteiger partial charge >= 0.3 is 29.2 Å². The fourth-order valence-electron chi connectivity index (χ4n) is 4.18. The molecule has 274 valence electrons. The number of fused-ring (bicyclic) bond motifs is 1. The molecule has 0 spiro atoms. The van der Waals surface area contributed by atoms with Crippen LogP contribution in [-0.4, -0.2) is 69.3 Å². The van der Waals surface area contributed by atoms with Crippen molar-refractivity contribution in [2.45, 2.75) is 44.3 Å². The number of rotatable bonds is 12. The zero-order valence-electron chi connectivity index (χ0n) is 25.7. The molecule has 1 aromatic heterocycles. The average Bonchev–Trinajstić information content (AvgIpc) is 3.42. The van der Waals surface area contributed by atoms with Gasteiger partial charge in [0.15, 0.2) is 0 Å². The van der Waals surface area contributed by atoms with Gasteiger partial charge in [0.2, 0.25) is 0 Å². The van der Waals surface area contributed by atoms with Crippen molar-refractivity contribution in [2.24, 2.45) is 0 Å². The van der Waals surface area contributed by atoms with E-state index in [0.29, 0.717) is 32.4 Å². The van der Waals surface area contributed by atoms with Gasteiger partial charge in [-0.05, 0) is 67.2 Å². The van der Waals surface area contributed by atoms with Gasteiger partial charge in [-0.1, -0.05) is 70.9 Å². The van der Waals surface area contributed by atoms with Crippen LogP contribution in [0, 0.1) is 0 Å². The zero-order chi connectivity index (χ0) is 37.6. The summed E-state index contributed by atoms with van der Waals surface area (Å²) in [6, 6.07) is 17.3. The standard InChI is InChI=1S/C27H29Cl2N3O3S.2C2HF3O2/c28-21-7-2-8-22(29)19(21)11-13-31-15-18-5-1-4-17(14-18)6-3-12-30-16-24(34)20-9-10-23(33)25-26(20)36-27(35)32-25;2*3-2(4,5)1(6)7/h1-2,4-5,7-10,14,24,30-31,33-34H,3,6,11-13,15-16H2,(H,32,35);2*(H,6,7)/t24-;;/m0../s1. The zero-order valence-corrected chi connectivity index (χ0v) is 28.0. The number of aromatic nitrogens is 1. The van der Waals surface area contributed by atoms with Crippen molar-refractivity contribution in [3.05, 3.63) is 96.6 Å². The summed E-state index contributed by atoms with van der Waals surface area (Å²) in [5, 5.41) is 42.9. The highest BCUT2D eigenvalue weighted by molar-refractivity contribution is 7.16. The molecule has 0 bridgehead atoms. The number of aryl methyl sites for hydroxylation is 1. The molecule has 0 saturated carbocycles. The molecule has 50 heavy (non-hydrogen) atoms. The van der Waals surface area contributed by atoms with Crippen LogP contribution >= 0.6 is 34.5 Å². The fourth-order valence-corrected chi connectivity index (χ4v) is 5.68. The van der Waals surface area contributed by atoms with E-state index < -0.39 is 30.4 Å². The number of aliphatic hydroxyl groups is 1. The first-order valence-electron chi connectivity index (χ1n) is 14.4. The number of aliphatic hydroxyl groups excluding tert-OH is 1. The highest BCUT2D eigenvalue weighted by atomic mass is 35.5. The molecule has 0 aliphatic carbocycles. The van der Waals surface area contributed by atoms with E-state index in [1.165, 1.54) is 17.2 Å². The number of H-pyrrole nitrogens is 1. The number of thiazole rings is 1. The third kappa shape index (κ3) is 14.2. The molecule has 4 aromatic rings. The molecule has 0 amide bonds. The number of hydrogen-bond acceptors (Lipinski definition) is 8. The SMILES string of the molecule is O=C(O)C(F)(F)F.O=C(O)C(F)(F)F.O=c1[nH]c2c(O)ccc([C@@H](O)CNCCCc3cccc(CNCCc4c(Cl)cccc4Cl)c3)c2s1. The molecule has 0 radical (unpaired) electrons. The smallest absolute Gasteiger partial charge is 0.490 e. The van der Waals surface area contributed by atoms with E-state index in [9.17, 15) is 41.4 Å². The Kier molecular flexibility index (Phi) is 16.5. The van der Waals surface area contributed by atoms with Crippen molar-refractivity contribution >= 4 is 56.7 Å². The maximum atomic E-state index is 11.7. The van der Waals surface area contributed by atoms with Crippen molar-refractivity contribution in [3.63, 3.8) is 0 Å². The summed E-state index contributed by atoms with van der Waals surface area (Å²) in [5.41, 5.74) is 4.48. The normalized spacial score (nSPS) is 12.0. The summed E-state index contributed by atoms with van der Waals surface area (Å²) in [7, 11) is 0. The van der Waals surface area contributed by atoms with Crippen LogP contribution < -0.4 is 15.5 Å². The van der Waals surface area contributed by atoms with Crippen LogP contribution in [0.15, 0.2) is 59.4 Å². The maximum Gasteiger partial charge on any atom is 0.490 e. The number of carbonyl (C=O) groups is 2. The van der Waals surface area contributed by atoms with E-state index in [0.717, 1.165) is 55.8 Å². The Hall–Kier alpha value is -3.87. The van der Waals surface area contributed by atoms with Crippen LogP contribution in [0.4, 0.5) is 26.3 Å². The minimum absolute atomic E-state index is 0.00896. The lowest BCUT2D eigenvalue weighted by atomic mass is 10.1. The number of benzene rings is 3. The van der Waals surface area contributed by atoms with Crippen molar-refractivity contribution in [1.82, 2.24) is 15.6 Å². The number of nitrogens with one attached hydrogen (secondary N) is 3. The van der Waals surface area contributed by atoms with Gasteiger partial charge in [0, 0.05) is 28.7 Å². The van der Waals surface area contributed by atoms with Crippen LogP contribution in [0.5, 0.6) is 5.75 Å². The fraction of sp³-hybridized carbons (Fsp3) is 0.323. The van der Waals surface area contributed by atoms with E-state index in [1.54, 1.807) is 6.07 Å². The summed E-state index contributed by atoms with van der Waals surface area (Å²) in [6.07, 6.45) is -8.31. The second-order valence-corrected chi connectivity index (χ2v) is 12.1. The van der Waals surface area contributed by atoms with Gasteiger partial charge in [0.25, 0.3) is 0 Å². The van der Waals surface area contributed by atoms with Gasteiger partial charge in [-0.3, -0.25) is 4.79 Å². The van der Waals surface area contributed by atoms with Crippen molar-refractivity contribution in [3.8, 4) is 5.75 Å². The summed E-state index contributed by atoms with van der Waals surface area (Å²) in [6.45, 7) is 2.67. The monoisotopic (exact) mass is 773 g/mol. The molecular weight excluding hydrogens is 743 g/mol. The number of phenolic OH excluding ortho intramolecular Hbond substituents is 1. The largest absolute Gasteiger partial charge is 0.506 e. The molecule has 0 aliphatic rings. The lowest BCUT2D eigenvalue weighted by Crippen LogP contribution is -2.23. The first kappa shape index (κ1) is 42.3. The summed E-state index contributed by atoms with van der Waals surface area (Å²) >= 11 is 13.5. The minimum atomic E-state index is -5.08. The number of halogens is 8. The molecule has 0 unspecified atom stereocenters. The summed E-state index contributed by atoms with van der Waals surface area (Å²) in [4.78, 5) is 31.8. The van der Waals surface area contributed by atoms with Crippen LogP contribution in [0.2, 0.25) is 10.0 Å². The molecule has 0 fully saturated rings. The van der Waals surface area contributed by atoms with E-state index in [4.69, 9.17) is 43.0 Å². The lowest BCUT2D eigenvalue weighted by Gasteiger charge is -2.13. The Bertz CT molecular complexity index is 1740. The second-order valence-electron chi connectivity index (χ2n) is 10.3. The van der Waals surface area contributed by atoms with E-state index >= 15 is 0 Å². The van der Waals surface area contributed by atoms with Gasteiger partial charge in [0.1, 0.15) is 11.3 Å². The molecule has 10 nitrogen and oxygen atoms in total. The highest BCUT2D eigenvalue weighted by Crippen LogP contribution is 2.31. The predicted octanol–water partition coefficient (Wildman–Crippen LogP) is 6.46. The van der Waals surface area contributed by atoms with Crippen LogP contribution in [-0.2, 0) is 29.0 Å². The summed E-state index contributed by atoms with van der Waals surface area (Å²) in [5.74, 6) is -5.50.